The number of pyridine rings is 1. The van der Waals surface area contributed by atoms with Crippen molar-refractivity contribution in [2.24, 2.45) is 0 Å². The average Bonchev–Trinajstić information content (AvgIpc) is 2.89. The van der Waals surface area contributed by atoms with Crippen molar-refractivity contribution in [3.8, 4) is 5.75 Å². The Balaban J connectivity index is 1.39. The van der Waals surface area contributed by atoms with Crippen LogP contribution in [-0.4, -0.2) is 33.3 Å². The van der Waals surface area contributed by atoms with Gasteiger partial charge < -0.3 is 14.0 Å². The van der Waals surface area contributed by atoms with Crippen LogP contribution in [0.15, 0.2) is 48.8 Å². The molecule has 0 radical (unpaired) electrons. The molecule has 27 heavy (non-hydrogen) atoms. The number of nitrogens with zero attached hydrogens (tertiary/aromatic N) is 3. The number of ether oxygens (including phenoxy) is 1. The zero-order chi connectivity index (χ0) is 18.6. The third-order valence-corrected chi connectivity index (χ3v) is 5.03. The van der Waals surface area contributed by atoms with E-state index in [0.717, 1.165) is 48.6 Å². The number of hydrogen-bond acceptors (Lipinski definition) is 3. The van der Waals surface area contributed by atoms with Crippen molar-refractivity contribution in [2.45, 2.75) is 39.2 Å². The molecule has 1 amide bonds. The molecule has 5 heteroatoms. The van der Waals surface area contributed by atoms with Gasteiger partial charge in [0.15, 0.2) is 0 Å². The number of fused-ring (bicyclic) bond motifs is 1. The molecule has 0 aliphatic carbocycles. The van der Waals surface area contributed by atoms with Crippen molar-refractivity contribution in [1.82, 2.24) is 14.3 Å². The van der Waals surface area contributed by atoms with Crippen molar-refractivity contribution in [3.63, 3.8) is 0 Å². The van der Waals surface area contributed by atoms with E-state index in [2.05, 4.69) is 18.1 Å². The number of aryl methyl sites for hydroxylation is 1. The fourth-order valence-electron chi connectivity index (χ4n) is 3.53. The molecule has 0 spiro atoms. The molecular formula is C22H25N3O2. The van der Waals surface area contributed by atoms with Gasteiger partial charge in [-0.3, -0.25) is 4.79 Å². The largest absolute Gasteiger partial charge is 0.487 e. The maximum atomic E-state index is 12.6. The Morgan fingerprint density at radius 1 is 1.00 bits per heavy atom. The lowest BCUT2D eigenvalue weighted by molar-refractivity contribution is 0.0761. The van der Waals surface area contributed by atoms with E-state index in [1.165, 1.54) is 18.4 Å². The molecule has 0 unspecified atom stereocenters. The van der Waals surface area contributed by atoms with Gasteiger partial charge in [0, 0.05) is 31.0 Å². The molecule has 0 bridgehead atoms. The average molecular weight is 363 g/mol. The van der Waals surface area contributed by atoms with Gasteiger partial charge in [0.05, 0.1) is 5.69 Å². The van der Waals surface area contributed by atoms with Gasteiger partial charge in [0.1, 0.15) is 18.0 Å². The van der Waals surface area contributed by atoms with Crippen LogP contribution in [0.4, 0.5) is 0 Å². The molecule has 1 aliphatic heterocycles. The summed E-state index contributed by atoms with van der Waals surface area (Å²) in [7, 11) is 0. The lowest BCUT2D eigenvalue weighted by Gasteiger charge is -2.20. The summed E-state index contributed by atoms with van der Waals surface area (Å²) >= 11 is 0. The maximum Gasteiger partial charge on any atom is 0.253 e. The van der Waals surface area contributed by atoms with Crippen LogP contribution in [0.2, 0.25) is 0 Å². The van der Waals surface area contributed by atoms with Crippen LogP contribution in [0, 0.1) is 6.92 Å². The van der Waals surface area contributed by atoms with Gasteiger partial charge in [-0.15, -0.1) is 0 Å². The summed E-state index contributed by atoms with van der Waals surface area (Å²) in [6, 6.07) is 11.5. The predicted octanol–water partition coefficient (Wildman–Crippen LogP) is 4.24. The molecule has 1 aliphatic rings. The predicted molar refractivity (Wildman–Crippen MR) is 105 cm³/mol. The molecule has 140 valence electrons. The van der Waals surface area contributed by atoms with Gasteiger partial charge in [-0.25, -0.2) is 4.98 Å². The monoisotopic (exact) mass is 363 g/mol. The summed E-state index contributed by atoms with van der Waals surface area (Å²) in [5, 5.41) is 0. The minimum atomic E-state index is 0.124. The Morgan fingerprint density at radius 3 is 2.48 bits per heavy atom. The highest BCUT2D eigenvalue weighted by Crippen LogP contribution is 2.18. The van der Waals surface area contributed by atoms with E-state index in [9.17, 15) is 4.79 Å². The molecular weight excluding hydrogens is 338 g/mol. The Bertz CT molecular complexity index is 922. The van der Waals surface area contributed by atoms with Crippen molar-refractivity contribution in [1.29, 1.82) is 0 Å². The van der Waals surface area contributed by atoms with Crippen LogP contribution in [0.5, 0.6) is 5.75 Å². The third-order valence-electron chi connectivity index (χ3n) is 5.03. The van der Waals surface area contributed by atoms with Gasteiger partial charge in [-0.2, -0.15) is 0 Å². The molecule has 1 saturated heterocycles. The van der Waals surface area contributed by atoms with Crippen LogP contribution in [0.25, 0.3) is 5.65 Å². The summed E-state index contributed by atoms with van der Waals surface area (Å²) in [5.41, 5.74) is 3.72. The van der Waals surface area contributed by atoms with Gasteiger partial charge in [0.25, 0.3) is 5.91 Å². The molecule has 0 atom stereocenters. The molecule has 4 rings (SSSR count). The molecule has 0 saturated carbocycles. The highest BCUT2D eigenvalue weighted by atomic mass is 16.5. The minimum absolute atomic E-state index is 0.124. The van der Waals surface area contributed by atoms with Crippen molar-refractivity contribution >= 4 is 11.6 Å². The zero-order valence-corrected chi connectivity index (χ0v) is 15.7. The van der Waals surface area contributed by atoms with E-state index in [-0.39, 0.29) is 5.91 Å². The number of carbonyl (C=O) groups is 1. The van der Waals surface area contributed by atoms with E-state index >= 15 is 0 Å². The Kier molecular flexibility index (Phi) is 5.10. The molecule has 0 N–H and O–H groups in total. The first-order chi connectivity index (χ1) is 13.2. The molecule has 3 heterocycles. The smallest absolute Gasteiger partial charge is 0.253 e. The van der Waals surface area contributed by atoms with E-state index in [0.29, 0.717) is 6.61 Å². The summed E-state index contributed by atoms with van der Waals surface area (Å²) in [5.74, 6) is 0.870. The SMILES string of the molecule is Cc1ccc2nc(COc3ccc(C(=O)N4CCCCCC4)cc3)cn2c1. The van der Waals surface area contributed by atoms with Gasteiger partial charge in [-0.1, -0.05) is 18.9 Å². The number of imidazole rings is 1. The number of likely N-dealkylation sites (tertiary alicyclic amines) is 1. The summed E-state index contributed by atoms with van der Waals surface area (Å²) < 4.78 is 7.86. The van der Waals surface area contributed by atoms with Crippen LogP contribution < -0.4 is 4.74 Å². The lowest BCUT2D eigenvalue weighted by Crippen LogP contribution is -2.31. The first kappa shape index (κ1) is 17.6. The molecule has 1 fully saturated rings. The fourth-order valence-corrected chi connectivity index (χ4v) is 3.53. The fraction of sp³-hybridized carbons (Fsp3) is 0.364. The standard InChI is InChI=1S/C22H25N3O2/c1-17-6-11-21-23-19(15-25(21)14-17)16-27-20-9-7-18(8-10-20)22(26)24-12-4-2-3-5-13-24/h6-11,14-15H,2-5,12-13,16H2,1H3. The normalized spacial score (nSPS) is 14.9. The number of carbonyl (C=O) groups excluding carboxylic acids is 1. The van der Waals surface area contributed by atoms with E-state index in [1.807, 2.05) is 51.9 Å². The van der Waals surface area contributed by atoms with Crippen molar-refractivity contribution in [2.75, 3.05) is 13.1 Å². The second kappa shape index (κ2) is 7.82. The maximum absolute atomic E-state index is 12.6. The summed E-state index contributed by atoms with van der Waals surface area (Å²) in [6.07, 6.45) is 8.68. The second-order valence-corrected chi connectivity index (χ2v) is 7.22. The number of benzene rings is 1. The quantitative estimate of drug-likeness (QED) is 0.697. The van der Waals surface area contributed by atoms with Crippen molar-refractivity contribution < 1.29 is 9.53 Å². The van der Waals surface area contributed by atoms with E-state index in [4.69, 9.17) is 4.74 Å². The third kappa shape index (κ3) is 4.13. The molecule has 3 aromatic rings. The summed E-state index contributed by atoms with van der Waals surface area (Å²) in [6.45, 7) is 4.19. The number of hydrogen-bond donors (Lipinski definition) is 0. The Hall–Kier alpha value is -2.82. The highest BCUT2D eigenvalue weighted by Gasteiger charge is 2.17. The van der Waals surface area contributed by atoms with Gasteiger partial charge in [0.2, 0.25) is 0 Å². The number of amides is 1. The van der Waals surface area contributed by atoms with Crippen LogP contribution in [-0.2, 0) is 6.61 Å². The molecule has 1 aromatic carbocycles. The van der Waals surface area contributed by atoms with E-state index in [1.54, 1.807) is 0 Å². The lowest BCUT2D eigenvalue weighted by atomic mass is 10.2. The summed E-state index contributed by atoms with van der Waals surface area (Å²) in [4.78, 5) is 19.2. The van der Waals surface area contributed by atoms with Gasteiger partial charge in [-0.05, 0) is 55.7 Å². The van der Waals surface area contributed by atoms with Crippen molar-refractivity contribution in [3.05, 3.63) is 65.6 Å². The number of aromatic nitrogens is 2. The van der Waals surface area contributed by atoms with Crippen LogP contribution in [0.1, 0.15) is 47.3 Å². The first-order valence-electron chi connectivity index (χ1n) is 9.65. The van der Waals surface area contributed by atoms with E-state index < -0.39 is 0 Å². The topological polar surface area (TPSA) is 46.8 Å². The van der Waals surface area contributed by atoms with Crippen LogP contribution >= 0.6 is 0 Å². The number of rotatable bonds is 4. The zero-order valence-electron chi connectivity index (χ0n) is 15.7. The molecule has 5 nitrogen and oxygen atoms in total. The Labute approximate surface area is 159 Å². The van der Waals surface area contributed by atoms with Gasteiger partial charge >= 0.3 is 0 Å². The Morgan fingerprint density at radius 2 is 1.74 bits per heavy atom. The first-order valence-corrected chi connectivity index (χ1v) is 9.65. The van der Waals surface area contributed by atoms with Crippen LogP contribution in [0.3, 0.4) is 0 Å². The second-order valence-electron chi connectivity index (χ2n) is 7.22. The highest BCUT2D eigenvalue weighted by molar-refractivity contribution is 5.94. The molecule has 2 aromatic heterocycles. The minimum Gasteiger partial charge on any atom is -0.487 e.